The predicted octanol–water partition coefficient (Wildman–Crippen LogP) is 2.65. The van der Waals surface area contributed by atoms with E-state index in [1.54, 1.807) is 38.1 Å². The monoisotopic (exact) mass is 362 g/mol. The lowest BCUT2D eigenvalue weighted by molar-refractivity contribution is -0.122. The van der Waals surface area contributed by atoms with Gasteiger partial charge in [-0.1, -0.05) is 12.1 Å². The zero-order chi connectivity index (χ0) is 19.3. The molecule has 3 N–H and O–H groups in total. The number of anilines is 1. The molecule has 0 fully saturated rings. The molecule has 0 aromatic heterocycles. The molecule has 0 aliphatic rings. The van der Waals surface area contributed by atoms with Crippen LogP contribution in [0.25, 0.3) is 0 Å². The molecule has 2 aromatic rings. The minimum Gasteiger partial charge on any atom is -0.394 e. The van der Waals surface area contributed by atoms with Gasteiger partial charge in [-0.05, 0) is 49.7 Å². The minimum atomic E-state index is -1.09. The predicted molar refractivity (Wildman–Crippen MR) is 93.8 cm³/mol. The fraction of sp³-hybridized carbons (Fsp3) is 0.263. The number of aliphatic hydroxyl groups is 1. The topological polar surface area (TPSA) is 78.4 Å². The van der Waals surface area contributed by atoms with Crippen LogP contribution >= 0.6 is 0 Å². The summed E-state index contributed by atoms with van der Waals surface area (Å²) in [5.41, 5.74) is 0.482. The van der Waals surface area contributed by atoms with Crippen molar-refractivity contribution >= 4 is 17.5 Å². The average Bonchev–Trinajstić information content (AvgIpc) is 2.58. The highest BCUT2D eigenvalue weighted by atomic mass is 19.2. The molecular weight excluding hydrogens is 342 g/mol. The van der Waals surface area contributed by atoms with Gasteiger partial charge < -0.3 is 15.7 Å². The molecule has 0 unspecified atom stereocenters. The number of nitrogens with one attached hydrogen (secondary N) is 2. The fourth-order valence-corrected chi connectivity index (χ4v) is 2.19. The molecule has 0 spiro atoms. The second-order valence-corrected chi connectivity index (χ2v) is 6.55. The number of halogens is 2. The molecule has 0 radical (unpaired) electrons. The molecule has 2 rings (SSSR count). The summed E-state index contributed by atoms with van der Waals surface area (Å²) in [6.45, 7) is 3.25. The summed E-state index contributed by atoms with van der Waals surface area (Å²) in [4.78, 5) is 24.0. The molecule has 0 heterocycles. The molecule has 0 bridgehead atoms. The molecule has 7 heteroatoms. The van der Waals surface area contributed by atoms with Crippen LogP contribution in [0, 0.1) is 11.6 Å². The Bertz CT molecular complexity index is 805. The van der Waals surface area contributed by atoms with E-state index in [1.165, 1.54) is 6.07 Å². The van der Waals surface area contributed by atoms with Crippen molar-refractivity contribution in [2.24, 2.45) is 0 Å². The van der Waals surface area contributed by atoms with Crippen LogP contribution < -0.4 is 10.6 Å². The molecule has 26 heavy (non-hydrogen) atoms. The van der Waals surface area contributed by atoms with E-state index in [0.717, 1.165) is 17.7 Å². The van der Waals surface area contributed by atoms with Crippen LogP contribution in [0.3, 0.4) is 0 Å². The molecule has 2 amide bonds. The second-order valence-electron chi connectivity index (χ2n) is 6.55. The third kappa shape index (κ3) is 5.35. The average molecular weight is 362 g/mol. The van der Waals surface area contributed by atoms with Gasteiger partial charge in [-0.25, -0.2) is 8.78 Å². The Morgan fingerprint density at radius 1 is 1.04 bits per heavy atom. The third-order valence-electron chi connectivity index (χ3n) is 3.63. The lowest BCUT2D eigenvalue weighted by atomic mass is 10.1. The first-order valence-corrected chi connectivity index (χ1v) is 7.97. The Labute approximate surface area is 150 Å². The van der Waals surface area contributed by atoms with Gasteiger partial charge >= 0.3 is 0 Å². The Balaban J connectivity index is 1.97. The van der Waals surface area contributed by atoms with Crippen molar-refractivity contribution in [1.29, 1.82) is 0 Å². The van der Waals surface area contributed by atoms with Gasteiger partial charge in [0.25, 0.3) is 5.91 Å². The summed E-state index contributed by atoms with van der Waals surface area (Å²) in [6, 6.07) is 9.47. The first-order chi connectivity index (χ1) is 12.2. The molecule has 138 valence electrons. The highest BCUT2D eigenvalue weighted by molar-refractivity contribution is 6.04. The van der Waals surface area contributed by atoms with E-state index in [9.17, 15) is 18.4 Å². The van der Waals surface area contributed by atoms with Crippen molar-refractivity contribution in [2.75, 3.05) is 11.9 Å². The molecule has 0 aliphatic heterocycles. The second kappa shape index (κ2) is 8.05. The van der Waals surface area contributed by atoms with Gasteiger partial charge in [0.05, 0.1) is 18.6 Å². The number of hydrogen-bond acceptors (Lipinski definition) is 3. The maximum absolute atomic E-state index is 13.2. The Kier molecular flexibility index (Phi) is 6.05. The van der Waals surface area contributed by atoms with Crippen LogP contribution in [0.5, 0.6) is 0 Å². The third-order valence-corrected chi connectivity index (χ3v) is 3.63. The SMILES string of the molecule is CC(C)(CO)NC(=O)Cc1ccc(NC(=O)c2ccc(F)c(F)c2)cc1. The van der Waals surface area contributed by atoms with Gasteiger partial charge in [0.1, 0.15) is 0 Å². The molecule has 0 saturated heterocycles. The molecular formula is C19H20F2N2O3. The van der Waals surface area contributed by atoms with Gasteiger partial charge in [-0.2, -0.15) is 0 Å². The summed E-state index contributed by atoms with van der Waals surface area (Å²) in [5.74, 6) is -2.92. The first kappa shape index (κ1) is 19.5. The molecule has 5 nitrogen and oxygen atoms in total. The van der Waals surface area contributed by atoms with Crippen LogP contribution in [0.2, 0.25) is 0 Å². The normalized spacial score (nSPS) is 11.1. The van der Waals surface area contributed by atoms with E-state index in [-0.39, 0.29) is 24.5 Å². The van der Waals surface area contributed by atoms with Gasteiger partial charge in [-0.3, -0.25) is 9.59 Å². The van der Waals surface area contributed by atoms with E-state index in [0.29, 0.717) is 5.69 Å². The maximum atomic E-state index is 13.2. The quantitative estimate of drug-likeness (QED) is 0.739. The lowest BCUT2D eigenvalue weighted by Gasteiger charge is -2.23. The minimum absolute atomic E-state index is 0.00131. The number of carbonyl (C=O) groups excluding carboxylic acids is 2. The van der Waals surface area contributed by atoms with Gasteiger partial charge in [0.2, 0.25) is 5.91 Å². The van der Waals surface area contributed by atoms with Crippen molar-refractivity contribution < 1.29 is 23.5 Å². The number of benzene rings is 2. The first-order valence-electron chi connectivity index (χ1n) is 7.97. The summed E-state index contributed by atoms with van der Waals surface area (Å²) in [7, 11) is 0. The van der Waals surface area contributed by atoms with Crippen LogP contribution in [0.1, 0.15) is 29.8 Å². The van der Waals surface area contributed by atoms with Crippen molar-refractivity contribution in [1.82, 2.24) is 5.32 Å². The number of hydrogen-bond donors (Lipinski definition) is 3. The zero-order valence-corrected chi connectivity index (χ0v) is 14.5. The summed E-state index contributed by atoms with van der Waals surface area (Å²) < 4.78 is 26.1. The zero-order valence-electron chi connectivity index (χ0n) is 14.5. The fourth-order valence-electron chi connectivity index (χ4n) is 2.19. The van der Waals surface area contributed by atoms with Gasteiger partial charge in [0, 0.05) is 11.3 Å². The van der Waals surface area contributed by atoms with E-state index in [4.69, 9.17) is 5.11 Å². The summed E-state index contributed by atoms with van der Waals surface area (Å²) >= 11 is 0. The van der Waals surface area contributed by atoms with Crippen molar-refractivity contribution in [3.05, 3.63) is 65.2 Å². The van der Waals surface area contributed by atoms with Crippen LogP contribution in [-0.4, -0.2) is 29.1 Å². The van der Waals surface area contributed by atoms with Crippen LogP contribution in [0.15, 0.2) is 42.5 Å². The molecule has 0 atom stereocenters. The van der Waals surface area contributed by atoms with E-state index < -0.39 is 23.1 Å². The lowest BCUT2D eigenvalue weighted by Crippen LogP contribution is -2.46. The molecule has 0 aliphatic carbocycles. The highest BCUT2D eigenvalue weighted by Gasteiger charge is 2.19. The Morgan fingerprint density at radius 2 is 1.69 bits per heavy atom. The number of rotatable bonds is 6. The number of carbonyl (C=O) groups is 2. The van der Waals surface area contributed by atoms with Crippen molar-refractivity contribution in [2.45, 2.75) is 25.8 Å². The summed E-state index contributed by atoms with van der Waals surface area (Å²) in [5, 5.41) is 14.4. The maximum Gasteiger partial charge on any atom is 0.255 e. The van der Waals surface area contributed by atoms with Crippen LogP contribution in [-0.2, 0) is 11.2 Å². The highest BCUT2D eigenvalue weighted by Crippen LogP contribution is 2.14. The van der Waals surface area contributed by atoms with Crippen molar-refractivity contribution in [3.8, 4) is 0 Å². The summed E-state index contributed by atoms with van der Waals surface area (Å²) in [6.07, 6.45) is 0.126. The standard InChI is InChI=1S/C19H20F2N2O3/c1-19(2,11-24)23-17(25)9-12-3-6-14(7-4-12)22-18(26)13-5-8-15(20)16(21)10-13/h3-8,10,24H,9,11H2,1-2H3,(H,22,26)(H,23,25). The smallest absolute Gasteiger partial charge is 0.255 e. The van der Waals surface area contributed by atoms with Crippen molar-refractivity contribution in [3.63, 3.8) is 0 Å². The Morgan fingerprint density at radius 3 is 2.27 bits per heavy atom. The van der Waals surface area contributed by atoms with E-state index >= 15 is 0 Å². The molecule has 2 aromatic carbocycles. The van der Waals surface area contributed by atoms with Crippen LogP contribution in [0.4, 0.5) is 14.5 Å². The van der Waals surface area contributed by atoms with Gasteiger partial charge in [-0.15, -0.1) is 0 Å². The van der Waals surface area contributed by atoms with E-state index in [1.807, 2.05) is 0 Å². The number of aliphatic hydroxyl groups excluding tert-OH is 1. The van der Waals surface area contributed by atoms with E-state index in [2.05, 4.69) is 10.6 Å². The molecule has 0 saturated carbocycles. The van der Waals surface area contributed by atoms with Gasteiger partial charge in [0.15, 0.2) is 11.6 Å². The Hall–Kier alpha value is -2.80. The number of amides is 2. The largest absolute Gasteiger partial charge is 0.394 e.